The third kappa shape index (κ3) is 7.79. The number of allylic oxidation sites excluding steroid dienone is 12. The normalized spacial score (nSPS) is 15.4. The van der Waals surface area contributed by atoms with Gasteiger partial charge < -0.3 is 0 Å². The molecule has 0 nitrogen and oxygen atoms in total. The molecule has 70 valence electrons. The van der Waals surface area contributed by atoms with E-state index in [0.29, 0.717) is 0 Å². The first-order valence-electron chi connectivity index (χ1n) is 4.38. The molecule has 0 aliphatic heterocycles. The van der Waals surface area contributed by atoms with Gasteiger partial charge in [0.15, 0.2) is 0 Å². The largest absolute Gasteiger partial charge is 0.273 e. The van der Waals surface area contributed by atoms with E-state index in [0.717, 1.165) is 6.42 Å². The van der Waals surface area contributed by atoms with Crippen molar-refractivity contribution in [1.29, 1.82) is 0 Å². The minimum absolute atomic E-state index is 0. The van der Waals surface area contributed by atoms with Gasteiger partial charge in [0.1, 0.15) is 0 Å². The predicted molar refractivity (Wildman–Crippen MR) is 58.1 cm³/mol. The fourth-order valence-electron chi connectivity index (χ4n) is 0.853. The van der Waals surface area contributed by atoms with Crippen LogP contribution in [0.4, 0.5) is 0 Å². The van der Waals surface area contributed by atoms with Crippen molar-refractivity contribution in [3.05, 3.63) is 72.9 Å². The van der Waals surface area contributed by atoms with E-state index in [1.807, 2.05) is 60.8 Å². The Labute approximate surface area is 101 Å². The first kappa shape index (κ1) is 13.2. The molecule has 0 bridgehead atoms. The van der Waals surface area contributed by atoms with E-state index in [4.69, 9.17) is 0 Å². The van der Waals surface area contributed by atoms with Gasteiger partial charge in [-0.3, -0.25) is 6.08 Å². The monoisotopic (exact) mass is 217 g/mol. The first-order chi connectivity index (χ1) is 6.50. The Morgan fingerprint density at radius 3 is 1.21 bits per heavy atom. The van der Waals surface area contributed by atoms with Crippen LogP contribution in [0.2, 0.25) is 0 Å². The molecular weight excluding hydrogens is 204 g/mol. The van der Waals surface area contributed by atoms with Gasteiger partial charge in [0.25, 0.3) is 0 Å². The van der Waals surface area contributed by atoms with E-state index >= 15 is 0 Å². The zero-order valence-electron chi connectivity index (χ0n) is 8.06. The third-order valence-electron chi connectivity index (χ3n) is 1.47. The van der Waals surface area contributed by atoms with Gasteiger partial charge in [-0.15, -0.1) is 6.42 Å². The third-order valence-corrected chi connectivity index (χ3v) is 1.47. The molecule has 0 N–H and O–H groups in total. The maximum absolute atomic E-state index is 2.99. The Morgan fingerprint density at radius 1 is 0.643 bits per heavy atom. The SMILES string of the molecule is C1=CC=CC=CC=C1.[C-]1=CC=CC1.[Ti]. The van der Waals surface area contributed by atoms with Crippen molar-refractivity contribution in [1.82, 2.24) is 0 Å². The first-order valence-corrected chi connectivity index (χ1v) is 4.38. The Hall–Kier alpha value is -0.846. The average molecular weight is 217 g/mol. The van der Waals surface area contributed by atoms with Crippen LogP contribution in [-0.2, 0) is 21.7 Å². The van der Waals surface area contributed by atoms with Crippen LogP contribution in [-0.4, -0.2) is 0 Å². The van der Waals surface area contributed by atoms with Gasteiger partial charge >= 0.3 is 0 Å². The summed E-state index contributed by atoms with van der Waals surface area (Å²) in [6.07, 6.45) is 26.0. The van der Waals surface area contributed by atoms with Gasteiger partial charge in [-0.2, -0.15) is 6.08 Å². The van der Waals surface area contributed by atoms with Crippen molar-refractivity contribution >= 4 is 0 Å². The van der Waals surface area contributed by atoms with Crippen molar-refractivity contribution < 1.29 is 21.7 Å². The smallest absolute Gasteiger partial charge is 0 e. The molecule has 2 aliphatic rings. The minimum Gasteiger partial charge on any atom is -0.273 e. The van der Waals surface area contributed by atoms with E-state index in [-0.39, 0.29) is 21.7 Å². The molecule has 0 fully saturated rings. The van der Waals surface area contributed by atoms with E-state index in [9.17, 15) is 0 Å². The molecule has 0 aromatic carbocycles. The van der Waals surface area contributed by atoms with E-state index in [2.05, 4.69) is 12.2 Å². The molecule has 14 heavy (non-hydrogen) atoms. The standard InChI is InChI=1S/C8H8.C5H5.Ti/c1-2-4-6-8-7-5-3-1;1-2-4-5-3-1;/h1-8H;1-3H,4H2;/q;-1;. The molecule has 1 heteroatoms. The molecular formula is C13H13Ti-. The van der Waals surface area contributed by atoms with Crippen LogP contribution in [0, 0.1) is 6.08 Å². The molecule has 2 aliphatic carbocycles. The van der Waals surface area contributed by atoms with Crippen LogP contribution in [0.15, 0.2) is 66.8 Å². The molecule has 0 spiro atoms. The van der Waals surface area contributed by atoms with E-state index < -0.39 is 0 Å². The Kier molecular flexibility index (Phi) is 9.62. The second-order valence-electron chi connectivity index (χ2n) is 2.54. The molecule has 0 unspecified atom stereocenters. The molecule has 0 atom stereocenters. The van der Waals surface area contributed by atoms with E-state index in [1.54, 1.807) is 0 Å². The summed E-state index contributed by atoms with van der Waals surface area (Å²) in [5.41, 5.74) is 0. The Bertz CT molecular complexity index is 222. The zero-order chi connectivity index (χ0) is 9.19. The summed E-state index contributed by atoms with van der Waals surface area (Å²) in [4.78, 5) is 0. The molecule has 0 aromatic rings. The average Bonchev–Trinajstić information content (AvgIpc) is 2.58. The number of hydrogen-bond acceptors (Lipinski definition) is 0. The summed E-state index contributed by atoms with van der Waals surface area (Å²) in [6, 6.07) is 0. The zero-order valence-corrected chi connectivity index (χ0v) is 9.62. The van der Waals surface area contributed by atoms with Gasteiger partial charge in [-0.25, -0.2) is 12.2 Å². The maximum Gasteiger partial charge on any atom is 0 e. The Balaban J connectivity index is 0.000000246. The second kappa shape index (κ2) is 10.2. The number of rotatable bonds is 0. The summed E-state index contributed by atoms with van der Waals surface area (Å²) in [5, 5.41) is 0. The fourth-order valence-corrected chi connectivity index (χ4v) is 0.853. The maximum atomic E-state index is 2.99. The van der Waals surface area contributed by atoms with Crippen LogP contribution in [0.3, 0.4) is 0 Å². The van der Waals surface area contributed by atoms with Gasteiger partial charge in [0.05, 0.1) is 0 Å². The molecule has 0 heterocycles. The molecule has 0 radical (unpaired) electrons. The van der Waals surface area contributed by atoms with Gasteiger partial charge in [0, 0.05) is 21.7 Å². The topological polar surface area (TPSA) is 0 Å². The van der Waals surface area contributed by atoms with Crippen molar-refractivity contribution in [3.63, 3.8) is 0 Å². The molecule has 0 saturated carbocycles. The van der Waals surface area contributed by atoms with Crippen LogP contribution in [0.1, 0.15) is 6.42 Å². The molecule has 0 amide bonds. The summed E-state index contributed by atoms with van der Waals surface area (Å²) in [6.45, 7) is 0. The molecule has 2 rings (SSSR count). The summed E-state index contributed by atoms with van der Waals surface area (Å²) in [5.74, 6) is 0. The van der Waals surface area contributed by atoms with Crippen LogP contribution in [0.5, 0.6) is 0 Å². The minimum atomic E-state index is 0. The Morgan fingerprint density at radius 2 is 1.07 bits per heavy atom. The van der Waals surface area contributed by atoms with Crippen molar-refractivity contribution in [2.45, 2.75) is 6.42 Å². The van der Waals surface area contributed by atoms with Crippen LogP contribution < -0.4 is 0 Å². The second-order valence-corrected chi connectivity index (χ2v) is 2.54. The van der Waals surface area contributed by atoms with Crippen LogP contribution >= 0.6 is 0 Å². The summed E-state index contributed by atoms with van der Waals surface area (Å²) in [7, 11) is 0. The predicted octanol–water partition coefficient (Wildman–Crippen LogP) is 3.53. The van der Waals surface area contributed by atoms with Gasteiger partial charge in [-0.05, 0) is 0 Å². The molecule has 0 saturated heterocycles. The van der Waals surface area contributed by atoms with E-state index in [1.165, 1.54) is 0 Å². The van der Waals surface area contributed by atoms with Crippen molar-refractivity contribution in [2.75, 3.05) is 0 Å². The van der Waals surface area contributed by atoms with Gasteiger partial charge in [-0.1, -0.05) is 48.6 Å². The summed E-state index contributed by atoms with van der Waals surface area (Å²) >= 11 is 0. The fraction of sp³-hybridized carbons (Fsp3) is 0.0769. The van der Waals surface area contributed by atoms with Crippen molar-refractivity contribution in [2.24, 2.45) is 0 Å². The van der Waals surface area contributed by atoms with Crippen molar-refractivity contribution in [3.8, 4) is 0 Å². The molecule has 0 aromatic heterocycles. The van der Waals surface area contributed by atoms with Crippen LogP contribution in [0.25, 0.3) is 0 Å². The van der Waals surface area contributed by atoms with Gasteiger partial charge in [0.2, 0.25) is 0 Å². The quantitative estimate of drug-likeness (QED) is 0.430. The number of hydrogen-bond donors (Lipinski definition) is 0. The summed E-state index contributed by atoms with van der Waals surface area (Å²) < 4.78 is 0.